The van der Waals surface area contributed by atoms with Gasteiger partial charge in [0.05, 0.1) is 31.1 Å². The van der Waals surface area contributed by atoms with Crippen molar-refractivity contribution in [2.24, 2.45) is 0 Å². The van der Waals surface area contributed by atoms with E-state index in [1.165, 1.54) is 0 Å². The summed E-state index contributed by atoms with van der Waals surface area (Å²) < 4.78 is 6.17. The highest BCUT2D eigenvalue weighted by Gasteiger charge is 2.07. The van der Waals surface area contributed by atoms with Crippen molar-refractivity contribution in [3.05, 3.63) is 76.8 Å². The van der Waals surface area contributed by atoms with E-state index in [2.05, 4.69) is 31.5 Å². The summed E-state index contributed by atoms with van der Waals surface area (Å²) in [7, 11) is 0. The zero-order valence-corrected chi connectivity index (χ0v) is 14.4. The number of rotatable bonds is 6. The Kier molecular flexibility index (Phi) is 5.28. The Labute approximate surface area is 148 Å². The summed E-state index contributed by atoms with van der Waals surface area (Å²) in [6, 6.07) is 15.0. The molecule has 0 spiro atoms. The maximum atomic E-state index is 12.1. The molecule has 0 unspecified atom stereocenters. The molecule has 6 heteroatoms. The smallest absolute Gasteiger partial charge is 0.228 e. The van der Waals surface area contributed by atoms with Gasteiger partial charge in [0.2, 0.25) is 5.91 Å². The maximum absolute atomic E-state index is 12.1. The number of halogens is 1. The fraction of sp³-hybridized carbons (Fsp3) is 0.111. The molecule has 0 saturated carbocycles. The number of hydrogen-bond donors (Lipinski definition) is 2. The third-order valence-electron chi connectivity index (χ3n) is 3.38. The highest BCUT2D eigenvalue weighted by atomic mass is 79.9. The van der Waals surface area contributed by atoms with E-state index in [9.17, 15) is 4.79 Å². The van der Waals surface area contributed by atoms with Gasteiger partial charge >= 0.3 is 0 Å². The number of anilines is 2. The maximum Gasteiger partial charge on any atom is 0.228 e. The lowest BCUT2D eigenvalue weighted by molar-refractivity contribution is -0.115. The molecule has 2 heterocycles. The Hall–Kier alpha value is -2.60. The van der Waals surface area contributed by atoms with Gasteiger partial charge in [0.1, 0.15) is 11.6 Å². The Morgan fingerprint density at radius 1 is 1.12 bits per heavy atom. The molecule has 0 aliphatic carbocycles. The fourth-order valence-electron chi connectivity index (χ4n) is 2.18. The Morgan fingerprint density at radius 2 is 2.00 bits per heavy atom. The monoisotopic (exact) mass is 385 g/mol. The van der Waals surface area contributed by atoms with Crippen LogP contribution >= 0.6 is 15.9 Å². The number of hydrogen-bond acceptors (Lipinski definition) is 4. The predicted molar refractivity (Wildman–Crippen MR) is 96.7 cm³/mol. The van der Waals surface area contributed by atoms with Gasteiger partial charge in [-0.3, -0.25) is 4.79 Å². The molecule has 0 radical (unpaired) electrons. The minimum Gasteiger partial charge on any atom is -0.467 e. The minimum atomic E-state index is -0.0833. The molecule has 0 saturated heterocycles. The number of carbonyl (C=O) groups is 1. The molecule has 122 valence electrons. The first kappa shape index (κ1) is 16.3. The molecular formula is C18H16BrN3O2. The van der Waals surface area contributed by atoms with E-state index in [0.717, 1.165) is 21.6 Å². The Bertz CT molecular complexity index is 801. The number of nitrogens with zero attached hydrogens (tertiary/aromatic N) is 1. The summed E-state index contributed by atoms with van der Waals surface area (Å²) in [5.41, 5.74) is 1.61. The fourth-order valence-corrected chi connectivity index (χ4v) is 2.61. The van der Waals surface area contributed by atoms with Crippen LogP contribution in [0.1, 0.15) is 11.3 Å². The van der Waals surface area contributed by atoms with Gasteiger partial charge in [-0.25, -0.2) is 4.98 Å². The third-order valence-corrected chi connectivity index (χ3v) is 4.15. The van der Waals surface area contributed by atoms with Crippen LogP contribution in [0.5, 0.6) is 0 Å². The first-order chi connectivity index (χ1) is 11.7. The Morgan fingerprint density at radius 3 is 2.71 bits per heavy atom. The molecule has 1 amide bonds. The molecule has 2 aromatic heterocycles. The van der Waals surface area contributed by atoms with Crippen molar-refractivity contribution in [3.63, 3.8) is 0 Å². The molecule has 3 rings (SSSR count). The van der Waals surface area contributed by atoms with Gasteiger partial charge in [-0.1, -0.05) is 34.1 Å². The van der Waals surface area contributed by atoms with Crippen molar-refractivity contribution in [3.8, 4) is 0 Å². The van der Waals surface area contributed by atoms with E-state index in [1.807, 2.05) is 48.5 Å². The van der Waals surface area contributed by atoms with Crippen LogP contribution in [0, 0.1) is 0 Å². The van der Waals surface area contributed by atoms with Gasteiger partial charge in [-0.05, 0) is 35.9 Å². The van der Waals surface area contributed by atoms with E-state index >= 15 is 0 Å². The molecular weight excluding hydrogens is 370 g/mol. The highest BCUT2D eigenvalue weighted by Crippen LogP contribution is 2.17. The van der Waals surface area contributed by atoms with Crippen molar-refractivity contribution in [1.82, 2.24) is 4.98 Å². The normalized spacial score (nSPS) is 10.4. The molecule has 1 aromatic carbocycles. The summed E-state index contributed by atoms with van der Waals surface area (Å²) in [5.74, 6) is 1.47. The van der Waals surface area contributed by atoms with E-state index in [4.69, 9.17) is 4.42 Å². The average Bonchev–Trinajstić information content (AvgIpc) is 3.10. The molecule has 0 bridgehead atoms. The van der Waals surface area contributed by atoms with Crippen molar-refractivity contribution in [2.45, 2.75) is 13.0 Å². The molecule has 5 nitrogen and oxygen atoms in total. The first-order valence-corrected chi connectivity index (χ1v) is 8.25. The second-order valence-electron chi connectivity index (χ2n) is 5.18. The van der Waals surface area contributed by atoms with E-state index in [0.29, 0.717) is 18.7 Å². The number of pyridine rings is 1. The summed E-state index contributed by atoms with van der Waals surface area (Å²) in [6.45, 7) is 0.563. The molecule has 0 fully saturated rings. The van der Waals surface area contributed by atoms with Crippen LogP contribution in [0.15, 0.2) is 69.9 Å². The number of carbonyl (C=O) groups excluding carboxylic acids is 1. The lowest BCUT2D eigenvalue weighted by Gasteiger charge is -2.08. The second kappa shape index (κ2) is 7.79. The number of benzene rings is 1. The van der Waals surface area contributed by atoms with Gasteiger partial charge < -0.3 is 15.1 Å². The zero-order chi connectivity index (χ0) is 16.8. The average molecular weight is 386 g/mol. The van der Waals surface area contributed by atoms with Gasteiger partial charge in [0.15, 0.2) is 0 Å². The van der Waals surface area contributed by atoms with Crippen LogP contribution in [0.4, 0.5) is 11.5 Å². The summed E-state index contributed by atoms with van der Waals surface area (Å²) in [5, 5.41) is 6.00. The highest BCUT2D eigenvalue weighted by molar-refractivity contribution is 9.10. The van der Waals surface area contributed by atoms with Crippen LogP contribution in [-0.2, 0) is 17.8 Å². The molecule has 3 aromatic rings. The Balaban J connectivity index is 1.54. The zero-order valence-electron chi connectivity index (χ0n) is 12.8. The second-order valence-corrected chi connectivity index (χ2v) is 6.04. The van der Waals surface area contributed by atoms with E-state index < -0.39 is 0 Å². The standard InChI is InChI=1S/C18H16BrN3O2/c19-16-6-2-1-4-13(16)10-18(23)22-14-7-8-17(20-11-14)21-12-15-5-3-9-24-15/h1-9,11H,10,12H2,(H,20,21)(H,22,23). The van der Waals surface area contributed by atoms with Gasteiger partial charge in [0, 0.05) is 4.47 Å². The van der Waals surface area contributed by atoms with Crippen LogP contribution in [-0.4, -0.2) is 10.9 Å². The predicted octanol–water partition coefficient (Wildman–Crippen LogP) is 4.23. The third kappa shape index (κ3) is 4.45. The molecule has 2 N–H and O–H groups in total. The van der Waals surface area contributed by atoms with E-state index in [1.54, 1.807) is 12.5 Å². The van der Waals surface area contributed by atoms with Crippen molar-refractivity contribution in [1.29, 1.82) is 0 Å². The first-order valence-electron chi connectivity index (χ1n) is 7.46. The molecule has 0 aliphatic rings. The SMILES string of the molecule is O=C(Cc1ccccc1Br)Nc1ccc(NCc2ccco2)nc1. The lowest BCUT2D eigenvalue weighted by Crippen LogP contribution is -2.15. The van der Waals surface area contributed by atoms with Crippen LogP contribution in [0.2, 0.25) is 0 Å². The number of nitrogens with one attached hydrogen (secondary N) is 2. The summed E-state index contributed by atoms with van der Waals surface area (Å²) >= 11 is 3.45. The molecule has 0 aliphatic heterocycles. The van der Waals surface area contributed by atoms with Crippen molar-refractivity contribution < 1.29 is 9.21 Å². The van der Waals surface area contributed by atoms with Crippen molar-refractivity contribution >= 4 is 33.3 Å². The van der Waals surface area contributed by atoms with Gasteiger partial charge in [-0.2, -0.15) is 0 Å². The number of aromatic nitrogens is 1. The minimum absolute atomic E-state index is 0.0833. The van der Waals surface area contributed by atoms with Gasteiger partial charge in [0.25, 0.3) is 0 Å². The van der Waals surface area contributed by atoms with Crippen molar-refractivity contribution in [2.75, 3.05) is 10.6 Å². The summed E-state index contributed by atoms with van der Waals surface area (Å²) in [6.07, 6.45) is 3.57. The lowest BCUT2D eigenvalue weighted by atomic mass is 10.1. The summed E-state index contributed by atoms with van der Waals surface area (Å²) in [4.78, 5) is 16.4. The number of amides is 1. The largest absolute Gasteiger partial charge is 0.467 e. The quantitative estimate of drug-likeness (QED) is 0.666. The number of furan rings is 1. The van der Waals surface area contributed by atoms with Crippen LogP contribution < -0.4 is 10.6 Å². The molecule has 24 heavy (non-hydrogen) atoms. The van der Waals surface area contributed by atoms with Crippen LogP contribution in [0.3, 0.4) is 0 Å². The topological polar surface area (TPSA) is 67.2 Å². The van der Waals surface area contributed by atoms with Crippen LogP contribution in [0.25, 0.3) is 0 Å². The molecule has 0 atom stereocenters. The van der Waals surface area contributed by atoms with Gasteiger partial charge in [-0.15, -0.1) is 0 Å². The van der Waals surface area contributed by atoms with E-state index in [-0.39, 0.29) is 5.91 Å².